The molecule has 0 fully saturated rings. The van der Waals surface area contributed by atoms with Gasteiger partial charge in [-0.1, -0.05) is 12.1 Å². The molecule has 0 radical (unpaired) electrons. The van der Waals surface area contributed by atoms with E-state index in [-0.39, 0.29) is 0 Å². The number of carbonyl (C=O) groups is 1. The van der Waals surface area contributed by atoms with Crippen LogP contribution in [0.5, 0.6) is 0 Å². The minimum absolute atomic E-state index is 0.364. The van der Waals surface area contributed by atoms with E-state index in [1.54, 1.807) is 12.1 Å². The van der Waals surface area contributed by atoms with Crippen molar-refractivity contribution in [2.45, 2.75) is 6.92 Å². The fourth-order valence-electron chi connectivity index (χ4n) is 1.65. The van der Waals surface area contributed by atoms with Gasteiger partial charge in [0, 0.05) is 11.3 Å². The summed E-state index contributed by atoms with van der Waals surface area (Å²) in [6, 6.07) is 7.28. The Bertz CT molecular complexity index is 546. The maximum atomic E-state index is 11.1. The minimum Gasteiger partial charge on any atom is -0.477 e. The molecule has 0 saturated carbocycles. The topological polar surface area (TPSA) is 63.3 Å². The van der Waals surface area contributed by atoms with Crippen molar-refractivity contribution in [3.8, 4) is 11.1 Å². The molecule has 0 saturated heterocycles. The van der Waals surface area contributed by atoms with Crippen LogP contribution < -0.4 is 5.73 Å². The van der Waals surface area contributed by atoms with Crippen LogP contribution >= 0.6 is 11.3 Å². The molecule has 16 heavy (non-hydrogen) atoms. The van der Waals surface area contributed by atoms with Crippen LogP contribution in [0.1, 0.15) is 15.2 Å². The summed E-state index contributed by atoms with van der Waals surface area (Å²) in [4.78, 5) is 11.4. The third kappa shape index (κ3) is 1.79. The van der Waals surface area contributed by atoms with Crippen LogP contribution in [0.15, 0.2) is 29.6 Å². The first-order valence-corrected chi connectivity index (χ1v) is 5.65. The zero-order valence-electron chi connectivity index (χ0n) is 8.73. The second kappa shape index (κ2) is 3.98. The largest absolute Gasteiger partial charge is 0.477 e. The Labute approximate surface area is 97.2 Å². The van der Waals surface area contributed by atoms with Gasteiger partial charge in [-0.25, -0.2) is 4.79 Å². The van der Waals surface area contributed by atoms with Crippen LogP contribution in [0.4, 0.5) is 5.69 Å². The molecule has 1 aromatic carbocycles. The van der Waals surface area contributed by atoms with E-state index in [4.69, 9.17) is 10.8 Å². The van der Waals surface area contributed by atoms with Gasteiger partial charge in [0.1, 0.15) is 4.88 Å². The zero-order chi connectivity index (χ0) is 11.7. The van der Waals surface area contributed by atoms with Crippen LogP contribution in [0.2, 0.25) is 0 Å². The molecule has 0 unspecified atom stereocenters. The number of nitrogens with two attached hydrogens (primary N) is 1. The van der Waals surface area contributed by atoms with E-state index >= 15 is 0 Å². The molecule has 1 heterocycles. The van der Waals surface area contributed by atoms with Crippen molar-refractivity contribution in [1.82, 2.24) is 0 Å². The molecule has 2 rings (SSSR count). The number of aromatic carboxylic acids is 1. The molecule has 0 atom stereocenters. The normalized spacial score (nSPS) is 10.3. The molecule has 0 aliphatic rings. The second-order valence-electron chi connectivity index (χ2n) is 3.55. The molecule has 2 aromatic rings. The van der Waals surface area contributed by atoms with Crippen molar-refractivity contribution in [2.24, 2.45) is 0 Å². The average molecular weight is 233 g/mol. The fraction of sp³-hybridized carbons (Fsp3) is 0.0833. The fourth-order valence-corrected chi connectivity index (χ4v) is 2.56. The van der Waals surface area contributed by atoms with Gasteiger partial charge in [-0.3, -0.25) is 0 Å². The highest BCUT2D eigenvalue weighted by Crippen LogP contribution is 2.33. The molecule has 3 nitrogen and oxygen atoms in total. The summed E-state index contributed by atoms with van der Waals surface area (Å²) < 4.78 is 0. The van der Waals surface area contributed by atoms with Gasteiger partial charge in [-0.2, -0.15) is 0 Å². The van der Waals surface area contributed by atoms with Gasteiger partial charge in [-0.15, -0.1) is 11.3 Å². The summed E-state index contributed by atoms with van der Waals surface area (Å²) in [5, 5.41) is 10.9. The monoisotopic (exact) mass is 233 g/mol. The predicted molar refractivity (Wildman–Crippen MR) is 65.9 cm³/mol. The molecule has 3 N–H and O–H groups in total. The molecule has 0 spiro atoms. The molecule has 0 aliphatic carbocycles. The van der Waals surface area contributed by atoms with Crippen molar-refractivity contribution in [2.75, 3.05) is 5.73 Å². The maximum absolute atomic E-state index is 11.1. The maximum Gasteiger partial charge on any atom is 0.346 e. The number of hydrogen-bond donors (Lipinski definition) is 2. The van der Waals surface area contributed by atoms with Gasteiger partial charge in [-0.05, 0) is 35.6 Å². The van der Waals surface area contributed by atoms with Crippen molar-refractivity contribution in [3.05, 3.63) is 40.1 Å². The van der Waals surface area contributed by atoms with Gasteiger partial charge in [0.25, 0.3) is 0 Å². The van der Waals surface area contributed by atoms with Crippen LogP contribution in [0.3, 0.4) is 0 Å². The first-order valence-electron chi connectivity index (χ1n) is 4.77. The molecular weight excluding hydrogens is 222 g/mol. The number of nitrogen functional groups attached to an aromatic ring is 1. The molecule has 4 heteroatoms. The van der Waals surface area contributed by atoms with Crippen molar-refractivity contribution in [3.63, 3.8) is 0 Å². The summed E-state index contributed by atoms with van der Waals surface area (Å²) in [5.74, 6) is -0.893. The highest BCUT2D eigenvalue weighted by atomic mass is 32.1. The lowest BCUT2D eigenvalue weighted by Crippen LogP contribution is -1.96. The lowest BCUT2D eigenvalue weighted by molar-refractivity contribution is 0.0703. The summed E-state index contributed by atoms with van der Waals surface area (Å²) >= 11 is 1.24. The summed E-state index contributed by atoms with van der Waals surface area (Å²) in [6.45, 7) is 1.90. The third-order valence-corrected chi connectivity index (χ3v) is 3.43. The van der Waals surface area contributed by atoms with E-state index in [1.807, 2.05) is 24.4 Å². The Morgan fingerprint density at radius 2 is 2.19 bits per heavy atom. The Morgan fingerprint density at radius 1 is 1.44 bits per heavy atom. The number of benzene rings is 1. The van der Waals surface area contributed by atoms with Crippen LogP contribution in [-0.2, 0) is 0 Å². The number of carboxylic acids is 1. The molecule has 0 bridgehead atoms. The highest BCUT2D eigenvalue weighted by Gasteiger charge is 2.16. The average Bonchev–Trinajstić information content (AvgIpc) is 2.60. The van der Waals surface area contributed by atoms with E-state index in [0.29, 0.717) is 10.6 Å². The summed E-state index contributed by atoms with van der Waals surface area (Å²) in [6.07, 6.45) is 0. The number of carboxylic acid groups (broad SMARTS) is 1. The highest BCUT2D eigenvalue weighted by molar-refractivity contribution is 7.12. The lowest BCUT2D eigenvalue weighted by atomic mass is 10.0. The number of anilines is 1. The Hall–Kier alpha value is -1.81. The van der Waals surface area contributed by atoms with Crippen LogP contribution in [0, 0.1) is 6.92 Å². The van der Waals surface area contributed by atoms with Gasteiger partial charge < -0.3 is 10.8 Å². The molecular formula is C12H11NO2S. The first kappa shape index (κ1) is 10.7. The van der Waals surface area contributed by atoms with E-state index < -0.39 is 5.97 Å². The minimum atomic E-state index is -0.893. The summed E-state index contributed by atoms with van der Waals surface area (Å²) in [7, 11) is 0. The Balaban J connectivity index is 2.63. The standard InChI is InChI=1S/C12H11NO2S/c1-7-6-16-11(12(14)15)10(7)8-3-2-4-9(13)5-8/h2-6H,13H2,1H3,(H,14,15). The Kier molecular flexibility index (Phi) is 2.66. The van der Waals surface area contributed by atoms with E-state index in [1.165, 1.54) is 11.3 Å². The van der Waals surface area contributed by atoms with Gasteiger partial charge >= 0.3 is 5.97 Å². The quantitative estimate of drug-likeness (QED) is 0.784. The van der Waals surface area contributed by atoms with Crippen molar-refractivity contribution >= 4 is 23.0 Å². The van der Waals surface area contributed by atoms with Crippen molar-refractivity contribution < 1.29 is 9.90 Å². The van der Waals surface area contributed by atoms with Gasteiger partial charge in [0.2, 0.25) is 0 Å². The van der Waals surface area contributed by atoms with Crippen LogP contribution in [-0.4, -0.2) is 11.1 Å². The van der Waals surface area contributed by atoms with E-state index in [9.17, 15) is 4.79 Å². The third-order valence-electron chi connectivity index (χ3n) is 2.34. The van der Waals surface area contributed by atoms with E-state index in [2.05, 4.69) is 0 Å². The Morgan fingerprint density at radius 3 is 2.81 bits per heavy atom. The predicted octanol–water partition coefficient (Wildman–Crippen LogP) is 3.00. The van der Waals surface area contributed by atoms with Crippen molar-refractivity contribution in [1.29, 1.82) is 0 Å². The van der Waals surface area contributed by atoms with Crippen LogP contribution in [0.25, 0.3) is 11.1 Å². The number of hydrogen-bond acceptors (Lipinski definition) is 3. The molecule has 0 aliphatic heterocycles. The lowest BCUT2D eigenvalue weighted by Gasteiger charge is -2.04. The number of aryl methyl sites for hydroxylation is 1. The zero-order valence-corrected chi connectivity index (χ0v) is 9.54. The van der Waals surface area contributed by atoms with Gasteiger partial charge in [0.05, 0.1) is 0 Å². The SMILES string of the molecule is Cc1csc(C(=O)O)c1-c1cccc(N)c1. The van der Waals surface area contributed by atoms with E-state index in [0.717, 1.165) is 16.7 Å². The smallest absolute Gasteiger partial charge is 0.346 e. The van der Waals surface area contributed by atoms with Gasteiger partial charge in [0.15, 0.2) is 0 Å². The summed E-state index contributed by atoms with van der Waals surface area (Å²) in [5.41, 5.74) is 8.93. The molecule has 1 aromatic heterocycles. The number of rotatable bonds is 2. The molecule has 0 amide bonds. The molecule has 82 valence electrons. The second-order valence-corrected chi connectivity index (χ2v) is 4.43. The number of thiophene rings is 1. The first-order chi connectivity index (χ1) is 7.59.